The number of hydrogen-bond donors (Lipinski definition) is 1. The predicted molar refractivity (Wildman–Crippen MR) is 77.5 cm³/mol. The highest BCUT2D eigenvalue weighted by Crippen LogP contribution is 2.26. The molecule has 19 heavy (non-hydrogen) atoms. The topological polar surface area (TPSA) is 48.1 Å². The van der Waals surface area contributed by atoms with Crippen LogP contribution in [-0.2, 0) is 6.42 Å². The number of aromatic nitrogens is 1. The minimum atomic E-state index is 0.315. The Bertz CT molecular complexity index is 526. The maximum atomic E-state index is 5.94. The molecule has 1 aromatic carbocycles. The van der Waals surface area contributed by atoms with Gasteiger partial charge in [-0.05, 0) is 54.8 Å². The van der Waals surface area contributed by atoms with Crippen molar-refractivity contribution in [2.75, 3.05) is 13.7 Å². The van der Waals surface area contributed by atoms with Crippen LogP contribution in [0.2, 0.25) is 0 Å². The zero-order valence-electron chi connectivity index (χ0n) is 11.5. The molecular weight excluding hydrogens is 236 g/mol. The molecule has 1 aromatic heterocycles. The van der Waals surface area contributed by atoms with Gasteiger partial charge in [0, 0.05) is 18.3 Å². The SMILES string of the molecule is COc1ccc(C(CN)Cc2cccnc2)c(C)c1. The standard InChI is InChI=1S/C16H20N2O/c1-12-8-15(19-2)5-6-16(12)14(10-17)9-13-4-3-7-18-11-13/h3-8,11,14H,9-10,17H2,1-2H3. The summed E-state index contributed by atoms with van der Waals surface area (Å²) in [5.74, 6) is 1.20. The quantitative estimate of drug-likeness (QED) is 0.894. The van der Waals surface area contributed by atoms with E-state index in [1.54, 1.807) is 13.3 Å². The molecule has 1 atom stereocenters. The number of methoxy groups -OCH3 is 1. The van der Waals surface area contributed by atoms with Crippen molar-refractivity contribution in [3.05, 3.63) is 59.4 Å². The summed E-state index contributed by atoms with van der Waals surface area (Å²) in [7, 11) is 1.69. The van der Waals surface area contributed by atoms with Gasteiger partial charge in [0.15, 0.2) is 0 Å². The van der Waals surface area contributed by atoms with Crippen molar-refractivity contribution in [2.24, 2.45) is 5.73 Å². The fourth-order valence-electron chi connectivity index (χ4n) is 2.36. The van der Waals surface area contributed by atoms with Crippen molar-refractivity contribution in [3.8, 4) is 5.75 Å². The van der Waals surface area contributed by atoms with Gasteiger partial charge < -0.3 is 10.5 Å². The van der Waals surface area contributed by atoms with Gasteiger partial charge in [-0.25, -0.2) is 0 Å². The van der Waals surface area contributed by atoms with Crippen molar-refractivity contribution in [3.63, 3.8) is 0 Å². The highest BCUT2D eigenvalue weighted by molar-refractivity contribution is 5.37. The highest BCUT2D eigenvalue weighted by atomic mass is 16.5. The average molecular weight is 256 g/mol. The van der Waals surface area contributed by atoms with Crippen LogP contribution in [0.3, 0.4) is 0 Å². The van der Waals surface area contributed by atoms with E-state index in [-0.39, 0.29) is 0 Å². The number of nitrogens with zero attached hydrogens (tertiary/aromatic N) is 1. The van der Waals surface area contributed by atoms with Gasteiger partial charge in [-0.1, -0.05) is 12.1 Å². The first kappa shape index (κ1) is 13.6. The summed E-state index contributed by atoms with van der Waals surface area (Å²) in [6, 6.07) is 10.2. The molecule has 0 saturated carbocycles. The number of ether oxygens (including phenoxy) is 1. The van der Waals surface area contributed by atoms with E-state index in [4.69, 9.17) is 10.5 Å². The summed E-state index contributed by atoms with van der Waals surface area (Å²) in [5.41, 5.74) is 9.66. The van der Waals surface area contributed by atoms with Crippen LogP contribution in [0.1, 0.15) is 22.6 Å². The number of rotatable bonds is 5. The minimum absolute atomic E-state index is 0.315. The fourth-order valence-corrected chi connectivity index (χ4v) is 2.36. The zero-order chi connectivity index (χ0) is 13.7. The van der Waals surface area contributed by atoms with E-state index in [0.29, 0.717) is 12.5 Å². The normalized spacial score (nSPS) is 12.2. The Morgan fingerprint density at radius 2 is 2.16 bits per heavy atom. The monoisotopic (exact) mass is 256 g/mol. The largest absolute Gasteiger partial charge is 0.497 e. The van der Waals surface area contributed by atoms with Crippen LogP contribution in [0, 0.1) is 6.92 Å². The predicted octanol–water partition coefficient (Wildman–Crippen LogP) is 2.68. The summed E-state index contributed by atoms with van der Waals surface area (Å²) in [6.45, 7) is 2.73. The number of hydrogen-bond acceptors (Lipinski definition) is 3. The van der Waals surface area contributed by atoms with E-state index in [0.717, 1.165) is 12.2 Å². The Balaban J connectivity index is 2.22. The number of pyridine rings is 1. The van der Waals surface area contributed by atoms with Gasteiger partial charge in [0.2, 0.25) is 0 Å². The summed E-state index contributed by atoms with van der Waals surface area (Å²) >= 11 is 0. The van der Waals surface area contributed by atoms with Crippen molar-refractivity contribution in [1.82, 2.24) is 4.98 Å². The van der Waals surface area contributed by atoms with E-state index < -0.39 is 0 Å². The molecule has 3 nitrogen and oxygen atoms in total. The first-order valence-electron chi connectivity index (χ1n) is 6.48. The molecule has 0 amide bonds. The Morgan fingerprint density at radius 3 is 2.74 bits per heavy atom. The third kappa shape index (κ3) is 3.32. The number of benzene rings is 1. The Hall–Kier alpha value is -1.87. The lowest BCUT2D eigenvalue weighted by atomic mass is 9.89. The summed E-state index contributed by atoms with van der Waals surface area (Å²) < 4.78 is 5.24. The Kier molecular flexibility index (Phi) is 4.53. The molecule has 0 aliphatic rings. The lowest BCUT2D eigenvalue weighted by Crippen LogP contribution is -2.16. The van der Waals surface area contributed by atoms with Crippen LogP contribution >= 0.6 is 0 Å². The molecule has 2 rings (SSSR count). The molecule has 0 radical (unpaired) electrons. The second-order valence-electron chi connectivity index (χ2n) is 4.72. The van der Waals surface area contributed by atoms with Crippen LogP contribution < -0.4 is 10.5 Å². The molecule has 1 heterocycles. The van der Waals surface area contributed by atoms with Crippen LogP contribution in [0.15, 0.2) is 42.7 Å². The van der Waals surface area contributed by atoms with Crippen LogP contribution in [-0.4, -0.2) is 18.6 Å². The minimum Gasteiger partial charge on any atom is -0.497 e. The molecule has 1 unspecified atom stereocenters. The zero-order valence-corrected chi connectivity index (χ0v) is 11.5. The molecule has 100 valence electrons. The van der Waals surface area contributed by atoms with Crippen molar-refractivity contribution < 1.29 is 4.74 Å². The van der Waals surface area contributed by atoms with Gasteiger partial charge in [-0.2, -0.15) is 0 Å². The van der Waals surface area contributed by atoms with Crippen molar-refractivity contribution >= 4 is 0 Å². The summed E-state index contributed by atoms with van der Waals surface area (Å²) in [5, 5.41) is 0. The molecule has 0 fully saturated rings. The van der Waals surface area contributed by atoms with Gasteiger partial charge in [0.25, 0.3) is 0 Å². The Morgan fingerprint density at radius 1 is 1.32 bits per heavy atom. The molecular formula is C16H20N2O. The molecule has 0 bridgehead atoms. The van der Waals surface area contributed by atoms with Gasteiger partial charge in [-0.15, -0.1) is 0 Å². The first-order valence-corrected chi connectivity index (χ1v) is 6.48. The lowest BCUT2D eigenvalue weighted by Gasteiger charge is -2.18. The molecule has 0 aliphatic carbocycles. The van der Waals surface area contributed by atoms with E-state index >= 15 is 0 Å². The molecule has 2 N–H and O–H groups in total. The molecule has 0 saturated heterocycles. The average Bonchev–Trinajstić information content (AvgIpc) is 2.46. The maximum absolute atomic E-state index is 5.94. The van der Waals surface area contributed by atoms with Gasteiger partial charge in [0.1, 0.15) is 5.75 Å². The van der Waals surface area contributed by atoms with E-state index in [1.807, 2.05) is 18.3 Å². The van der Waals surface area contributed by atoms with Crippen molar-refractivity contribution in [2.45, 2.75) is 19.3 Å². The summed E-state index contributed by atoms with van der Waals surface area (Å²) in [4.78, 5) is 4.15. The van der Waals surface area contributed by atoms with Gasteiger partial charge >= 0.3 is 0 Å². The third-order valence-electron chi connectivity index (χ3n) is 3.41. The smallest absolute Gasteiger partial charge is 0.119 e. The number of nitrogens with two attached hydrogens (primary N) is 1. The molecule has 2 aromatic rings. The second kappa shape index (κ2) is 6.34. The van der Waals surface area contributed by atoms with Crippen LogP contribution in [0.25, 0.3) is 0 Å². The highest BCUT2D eigenvalue weighted by Gasteiger charge is 2.13. The number of aryl methyl sites for hydroxylation is 1. The first-order chi connectivity index (χ1) is 9.24. The van der Waals surface area contributed by atoms with Crippen LogP contribution in [0.4, 0.5) is 0 Å². The summed E-state index contributed by atoms with van der Waals surface area (Å²) in [6.07, 6.45) is 4.61. The third-order valence-corrected chi connectivity index (χ3v) is 3.41. The molecule has 0 aliphatic heterocycles. The maximum Gasteiger partial charge on any atom is 0.119 e. The van der Waals surface area contributed by atoms with E-state index in [9.17, 15) is 0 Å². The van der Waals surface area contributed by atoms with Gasteiger partial charge in [-0.3, -0.25) is 4.98 Å². The van der Waals surface area contributed by atoms with Crippen LogP contribution in [0.5, 0.6) is 5.75 Å². The second-order valence-corrected chi connectivity index (χ2v) is 4.72. The molecule has 0 spiro atoms. The lowest BCUT2D eigenvalue weighted by molar-refractivity contribution is 0.414. The van der Waals surface area contributed by atoms with E-state index in [1.165, 1.54) is 16.7 Å². The van der Waals surface area contributed by atoms with Crippen molar-refractivity contribution in [1.29, 1.82) is 0 Å². The van der Waals surface area contributed by atoms with Gasteiger partial charge in [0.05, 0.1) is 7.11 Å². The molecule has 3 heteroatoms. The Labute approximate surface area is 114 Å². The fraction of sp³-hybridized carbons (Fsp3) is 0.312. The van der Waals surface area contributed by atoms with E-state index in [2.05, 4.69) is 30.1 Å².